The van der Waals surface area contributed by atoms with Crippen LogP contribution in [0.15, 0.2) is 23.6 Å². The third kappa shape index (κ3) is 0.579. The molecule has 0 amide bonds. The zero-order valence-electron chi connectivity index (χ0n) is 5.12. The molecule has 1 heterocycles. The molecule has 0 aliphatic carbocycles. The van der Waals surface area contributed by atoms with Gasteiger partial charge in [-0.05, 0) is 13.8 Å². The molecule has 0 saturated heterocycles. The lowest BCUT2D eigenvalue weighted by molar-refractivity contribution is 0.157. The van der Waals surface area contributed by atoms with E-state index in [0.717, 1.165) is 17.0 Å². The van der Waals surface area contributed by atoms with Gasteiger partial charge in [0.15, 0.2) is 0 Å². The second-order valence-corrected chi connectivity index (χ2v) is 1.86. The molecule has 0 fully saturated rings. The van der Waals surface area contributed by atoms with Crippen molar-refractivity contribution in [2.24, 2.45) is 0 Å². The summed E-state index contributed by atoms with van der Waals surface area (Å²) in [5, 5.41) is 0. The molecule has 2 nitrogen and oxygen atoms in total. The van der Waals surface area contributed by atoms with Crippen LogP contribution in [-0.2, 0) is 4.84 Å². The Morgan fingerprint density at radius 1 is 1.50 bits per heavy atom. The smallest absolute Gasteiger partial charge is 0.134 e. The highest BCUT2D eigenvalue weighted by atomic mass is 16.7. The number of nitrogens with one attached hydrogen (secondary N) is 1. The second-order valence-electron chi connectivity index (χ2n) is 1.86. The monoisotopic (exact) mass is 111 g/mol. The first-order chi connectivity index (χ1) is 3.72. The summed E-state index contributed by atoms with van der Waals surface area (Å²) < 4.78 is 0. The topological polar surface area (TPSA) is 21.3 Å². The molecule has 2 heteroatoms. The first-order valence-electron chi connectivity index (χ1n) is 2.51. The molecule has 0 aromatic carbocycles. The number of hydroxylamine groups is 1. The van der Waals surface area contributed by atoms with E-state index in [4.69, 9.17) is 4.84 Å². The minimum absolute atomic E-state index is 0.863. The van der Waals surface area contributed by atoms with Crippen LogP contribution in [0.5, 0.6) is 0 Å². The van der Waals surface area contributed by atoms with Crippen LogP contribution in [0.4, 0.5) is 0 Å². The molecule has 1 rings (SSSR count). The lowest BCUT2D eigenvalue weighted by Gasteiger charge is -1.93. The Hall–Kier alpha value is -0.920. The molecule has 44 valence electrons. The van der Waals surface area contributed by atoms with E-state index in [1.165, 1.54) is 0 Å². The summed E-state index contributed by atoms with van der Waals surface area (Å²) in [4.78, 5) is 4.91. The molecule has 0 bridgehead atoms. The van der Waals surface area contributed by atoms with Crippen molar-refractivity contribution in [1.29, 1.82) is 0 Å². The van der Waals surface area contributed by atoms with Gasteiger partial charge in [0.05, 0.1) is 5.70 Å². The average Bonchev–Trinajstić information content (AvgIpc) is 1.98. The van der Waals surface area contributed by atoms with Gasteiger partial charge in [0.2, 0.25) is 0 Å². The minimum atomic E-state index is 0.863. The molecule has 0 spiro atoms. The zero-order valence-corrected chi connectivity index (χ0v) is 5.12. The van der Waals surface area contributed by atoms with Gasteiger partial charge in [-0.15, -0.1) is 0 Å². The van der Waals surface area contributed by atoms with Crippen LogP contribution in [0.3, 0.4) is 0 Å². The van der Waals surface area contributed by atoms with Gasteiger partial charge >= 0.3 is 0 Å². The van der Waals surface area contributed by atoms with E-state index in [9.17, 15) is 0 Å². The fraction of sp³-hybridized carbons (Fsp3) is 0.333. The van der Waals surface area contributed by atoms with Crippen LogP contribution < -0.4 is 5.48 Å². The Balaban J connectivity index is 2.86. The van der Waals surface area contributed by atoms with Crippen LogP contribution in [0.1, 0.15) is 13.8 Å². The van der Waals surface area contributed by atoms with Crippen molar-refractivity contribution in [3.8, 4) is 0 Å². The highest BCUT2D eigenvalue weighted by Crippen LogP contribution is 2.16. The molecular formula is C6H9NO. The molecule has 0 atom stereocenters. The molecule has 0 saturated carbocycles. The number of rotatable bonds is 0. The standard InChI is InChI=1S/C6H9NO/c1-4-5(2)7-8-6(4)3/h7H,2H2,1,3H3. The minimum Gasteiger partial charge on any atom is -0.387 e. The number of hydrogen-bond acceptors (Lipinski definition) is 2. The van der Waals surface area contributed by atoms with Crippen molar-refractivity contribution < 1.29 is 4.84 Å². The summed E-state index contributed by atoms with van der Waals surface area (Å²) in [6.07, 6.45) is 0. The molecule has 1 aliphatic rings. The highest BCUT2D eigenvalue weighted by molar-refractivity contribution is 5.29. The molecule has 0 aromatic rings. The normalized spacial score (nSPS) is 18.5. The van der Waals surface area contributed by atoms with E-state index in [1.807, 2.05) is 13.8 Å². The van der Waals surface area contributed by atoms with Crippen LogP contribution in [0.25, 0.3) is 0 Å². The van der Waals surface area contributed by atoms with E-state index in [2.05, 4.69) is 12.1 Å². The van der Waals surface area contributed by atoms with Gasteiger partial charge in [-0.25, -0.2) is 5.48 Å². The maximum Gasteiger partial charge on any atom is 0.134 e. The van der Waals surface area contributed by atoms with Crippen molar-refractivity contribution in [3.63, 3.8) is 0 Å². The van der Waals surface area contributed by atoms with Gasteiger partial charge < -0.3 is 4.84 Å². The van der Waals surface area contributed by atoms with E-state index in [-0.39, 0.29) is 0 Å². The zero-order chi connectivity index (χ0) is 6.15. The van der Waals surface area contributed by atoms with Gasteiger partial charge in [-0.3, -0.25) is 0 Å². The van der Waals surface area contributed by atoms with Crippen LogP contribution in [0.2, 0.25) is 0 Å². The average molecular weight is 111 g/mol. The third-order valence-corrected chi connectivity index (χ3v) is 1.31. The van der Waals surface area contributed by atoms with Crippen LogP contribution in [-0.4, -0.2) is 0 Å². The molecule has 1 aliphatic heterocycles. The SMILES string of the molecule is C=C1NOC(C)=C1C. The highest BCUT2D eigenvalue weighted by Gasteiger charge is 2.09. The maximum absolute atomic E-state index is 4.91. The fourth-order valence-electron chi connectivity index (χ4n) is 0.504. The molecular weight excluding hydrogens is 102 g/mol. The Morgan fingerprint density at radius 3 is 2.25 bits per heavy atom. The Kier molecular flexibility index (Phi) is 1.01. The summed E-state index contributed by atoms with van der Waals surface area (Å²) in [5.74, 6) is 0.912. The maximum atomic E-state index is 4.91. The number of hydrogen-bond donors (Lipinski definition) is 1. The third-order valence-electron chi connectivity index (χ3n) is 1.31. The largest absolute Gasteiger partial charge is 0.387 e. The van der Waals surface area contributed by atoms with Gasteiger partial charge in [0.1, 0.15) is 5.76 Å². The molecule has 8 heavy (non-hydrogen) atoms. The van der Waals surface area contributed by atoms with E-state index in [1.54, 1.807) is 0 Å². The molecule has 0 aromatic heterocycles. The summed E-state index contributed by atoms with van der Waals surface area (Å²) in [5.41, 5.74) is 4.62. The molecule has 0 unspecified atom stereocenters. The Labute approximate surface area is 48.8 Å². The predicted octanol–water partition coefficient (Wildman–Crippen LogP) is 1.33. The second kappa shape index (κ2) is 1.54. The van der Waals surface area contributed by atoms with Crippen LogP contribution >= 0.6 is 0 Å². The quantitative estimate of drug-likeness (QED) is 0.509. The summed E-state index contributed by atoms with van der Waals surface area (Å²) >= 11 is 0. The van der Waals surface area contributed by atoms with Gasteiger partial charge in [-0.2, -0.15) is 0 Å². The van der Waals surface area contributed by atoms with Crippen molar-refractivity contribution in [1.82, 2.24) is 5.48 Å². The summed E-state index contributed by atoms with van der Waals surface area (Å²) in [6.45, 7) is 7.56. The van der Waals surface area contributed by atoms with Gasteiger partial charge in [0, 0.05) is 5.57 Å². The predicted molar refractivity (Wildman–Crippen MR) is 31.7 cm³/mol. The lowest BCUT2D eigenvalue weighted by Crippen LogP contribution is -2.02. The first-order valence-corrected chi connectivity index (χ1v) is 2.51. The van der Waals surface area contributed by atoms with Crippen molar-refractivity contribution in [2.75, 3.05) is 0 Å². The number of allylic oxidation sites excluding steroid dienone is 2. The van der Waals surface area contributed by atoms with Crippen molar-refractivity contribution >= 4 is 0 Å². The van der Waals surface area contributed by atoms with E-state index < -0.39 is 0 Å². The van der Waals surface area contributed by atoms with Crippen molar-refractivity contribution in [2.45, 2.75) is 13.8 Å². The van der Waals surface area contributed by atoms with Gasteiger partial charge in [-0.1, -0.05) is 6.58 Å². The summed E-state index contributed by atoms with van der Waals surface area (Å²) in [7, 11) is 0. The lowest BCUT2D eigenvalue weighted by atomic mass is 10.2. The Bertz CT molecular complexity index is 158. The summed E-state index contributed by atoms with van der Waals surface area (Å²) in [6, 6.07) is 0. The van der Waals surface area contributed by atoms with Crippen molar-refractivity contribution in [3.05, 3.63) is 23.6 Å². The molecule has 1 N–H and O–H groups in total. The van der Waals surface area contributed by atoms with Crippen LogP contribution in [0, 0.1) is 0 Å². The first kappa shape index (κ1) is 5.22. The van der Waals surface area contributed by atoms with E-state index in [0.29, 0.717) is 0 Å². The fourth-order valence-corrected chi connectivity index (χ4v) is 0.504. The van der Waals surface area contributed by atoms with E-state index >= 15 is 0 Å². The molecule has 0 radical (unpaired) electrons. The Morgan fingerprint density at radius 2 is 2.12 bits per heavy atom. The van der Waals surface area contributed by atoms with Gasteiger partial charge in [0.25, 0.3) is 0 Å².